The molecule has 5 rings (SSSR count). The Kier molecular flexibility index (Phi) is 7.38. The predicted octanol–water partition coefficient (Wildman–Crippen LogP) is 4.67. The lowest BCUT2D eigenvalue weighted by Crippen LogP contribution is -2.57. The molecule has 10 nitrogen and oxygen atoms in total. The van der Waals surface area contributed by atoms with E-state index in [2.05, 4.69) is 16.0 Å². The Morgan fingerprint density at radius 3 is 2.39 bits per heavy atom. The second kappa shape index (κ2) is 10.7. The van der Waals surface area contributed by atoms with E-state index in [0.29, 0.717) is 18.8 Å². The normalized spacial score (nSPS) is 19.0. The summed E-state index contributed by atoms with van der Waals surface area (Å²) in [5.41, 5.74) is 0.584. The fourth-order valence-corrected chi connectivity index (χ4v) is 6.01. The molecule has 2 bridgehead atoms. The highest BCUT2D eigenvalue weighted by Gasteiger charge is 2.45. The van der Waals surface area contributed by atoms with Crippen LogP contribution in [0.5, 0.6) is 5.75 Å². The molecule has 1 aromatic heterocycles. The van der Waals surface area contributed by atoms with Gasteiger partial charge in [0.05, 0.1) is 24.9 Å². The minimum absolute atomic E-state index is 0.145. The lowest BCUT2D eigenvalue weighted by Gasteiger charge is -2.42. The first-order valence-electron chi connectivity index (χ1n) is 13.4. The maximum atomic E-state index is 12.9. The number of rotatable bonds is 5. The Labute approximate surface area is 240 Å². The number of nitriles is 1. The van der Waals surface area contributed by atoms with Crippen LogP contribution in [0.3, 0.4) is 0 Å². The molecule has 0 saturated carbocycles. The Bertz CT molecular complexity index is 1680. The van der Waals surface area contributed by atoms with Gasteiger partial charge < -0.3 is 14.4 Å². The number of benzene rings is 2. The van der Waals surface area contributed by atoms with Crippen molar-refractivity contribution in [1.82, 2.24) is 14.9 Å². The quantitative estimate of drug-likeness (QED) is 0.399. The molecule has 0 N–H and O–H groups in total. The Balaban J connectivity index is 1.55. The number of fused-ring (bicyclic) bond motifs is 3. The number of anilines is 1. The summed E-state index contributed by atoms with van der Waals surface area (Å²) in [6, 6.07) is 13.6. The van der Waals surface area contributed by atoms with Crippen molar-refractivity contribution in [2.75, 3.05) is 31.4 Å². The van der Waals surface area contributed by atoms with E-state index in [1.165, 1.54) is 0 Å². The molecule has 214 valence electrons. The third kappa shape index (κ3) is 5.84. The van der Waals surface area contributed by atoms with Crippen LogP contribution < -0.4 is 9.64 Å². The second-order valence-corrected chi connectivity index (χ2v) is 13.3. The zero-order valence-electron chi connectivity index (χ0n) is 23.8. The number of nitrogens with zero attached hydrogens (tertiary/aromatic N) is 5. The number of methoxy groups -OCH3 is 1. The SMILES string of the molecule is COc1cc(/C=C/c2nc(S(C)(=O)=O)nc(N3C[C@H]4CC[C@@H](C3)N4C(=O)OC(C)(C)C)c2C#N)c2ccccc2c1. The average Bonchev–Trinajstić information content (AvgIpc) is 3.19. The summed E-state index contributed by atoms with van der Waals surface area (Å²) in [6.07, 6.45) is 5.69. The van der Waals surface area contributed by atoms with Crippen LogP contribution in [0, 0.1) is 11.3 Å². The molecule has 1 amide bonds. The van der Waals surface area contributed by atoms with Gasteiger partial charge in [0, 0.05) is 19.3 Å². The first-order chi connectivity index (χ1) is 19.4. The molecular formula is C30H33N5O5S. The predicted molar refractivity (Wildman–Crippen MR) is 156 cm³/mol. The van der Waals surface area contributed by atoms with Crippen molar-refractivity contribution in [3.63, 3.8) is 0 Å². The topological polar surface area (TPSA) is 126 Å². The van der Waals surface area contributed by atoms with Gasteiger partial charge in [0.15, 0.2) is 5.82 Å². The number of piperazine rings is 1. The van der Waals surface area contributed by atoms with Crippen molar-refractivity contribution >= 4 is 44.7 Å². The number of amides is 1. The van der Waals surface area contributed by atoms with Crippen LogP contribution in [0.25, 0.3) is 22.9 Å². The maximum absolute atomic E-state index is 12.9. The zero-order chi connectivity index (χ0) is 29.5. The third-order valence-electron chi connectivity index (χ3n) is 7.25. The monoisotopic (exact) mass is 575 g/mol. The van der Waals surface area contributed by atoms with E-state index >= 15 is 0 Å². The zero-order valence-corrected chi connectivity index (χ0v) is 24.6. The smallest absolute Gasteiger partial charge is 0.410 e. The number of carbonyl (C=O) groups is 1. The lowest BCUT2D eigenvalue weighted by molar-refractivity contribution is 0.0122. The van der Waals surface area contributed by atoms with Crippen molar-refractivity contribution < 1.29 is 22.7 Å². The van der Waals surface area contributed by atoms with Crippen LogP contribution in [-0.4, -0.2) is 73.5 Å². The molecule has 2 fully saturated rings. The van der Waals surface area contributed by atoms with Gasteiger partial charge >= 0.3 is 6.09 Å². The van der Waals surface area contributed by atoms with Gasteiger partial charge in [0.1, 0.15) is 23.0 Å². The molecule has 3 heterocycles. The van der Waals surface area contributed by atoms with Gasteiger partial charge in [-0.05, 0) is 68.2 Å². The molecule has 2 aliphatic heterocycles. The highest BCUT2D eigenvalue weighted by atomic mass is 32.2. The number of hydrogen-bond acceptors (Lipinski definition) is 9. The molecule has 0 unspecified atom stereocenters. The van der Waals surface area contributed by atoms with Gasteiger partial charge in [-0.2, -0.15) is 10.2 Å². The minimum atomic E-state index is -3.79. The third-order valence-corrected chi connectivity index (χ3v) is 8.10. The highest BCUT2D eigenvalue weighted by molar-refractivity contribution is 7.90. The largest absolute Gasteiger partial charge is 0.497 e. The van der Waals surface area contributed by atoms with Crippen LogP contribution in [0.1, 0.15) is 50.4 Å². The molecule has 11 heteroatoms. The molecular weight excluding hydrogens is 542 g/mol. The summed E-state index contributed by atoms with van der Waals surface area (Å²) in [6.45, 7) is 6.29. The summed E-state index contributed by atoms with van der Waals surface area (Å²) < 4.78 is 36.4. The summed E-state index contributed by atoms with van der Waals surface area (Å²) in [5.74, 6) is 0.918. The second-order valence-electron chi connectivity index (χ2n) is 11.4. The van der Waals surface area contributed by atoms with E-state index in [1.807, 2.05) is 62.1 Å². The molecule has 2 saturated heterocycles. The van der Waals surface area contributed by atoms with Gasteiger partial charge in [-0.25, -0.2) is 18.2 Å². The fraction of sp³-hybridized carbons (Fsp3) is 0.400. The molecule has 0 radical (unpaired) electrons. The summed E-state index contributed by atoms with van der Waals surface area (Å²) >= 11 is 0. The molecule has 41 heavy (non-hydrogen) atoms. The average molecular weight is 576 g/mol. The van der Waals surface area contributed by atoms with Crippen molar-refractivity contribution in [3.8, 4) is 11.8 Å². The number of ether oxygens (including phenoxy) is 2. The van der Waals surface area contributed by atoms with E-state index in [1.54, 1.807) is 24.2 Å². The van der Waals surface area contributed by atoms with E-state index in [9.17, 15) is 18.5 Å². The number of aromatic nitrogens is 2. The van der Waals surface area contributed by atoms with E-state index < -0.39 is 15.4 Å². The molecule has 2 aliphatic rings. The molecule has 0 spiro atoms. The Morgan fingerprint density at radius 1 is 1.10 bits per heavy atom. The molecule has 2 atom stereocenters. The van der Waals surface area contributed by atoms with Crippen molar-refractivity contribution in [2.45, 2.75) is 56.5 Å². The van der Waals surface area contributed by atoms with Gasteiger partial charge in [0.25, 0.3) is 0 Å². The van der Waals surface area contributed by atoms with Crippen molar-refractivity contribution in [3.05, 3.63) is 53.2 Å². The van der Waals surface area contributed by atoms with Crippen LogP contribution in [0.15, 0.2) is 41.6 Å². The van der Waals surface area contributed by atoms with Crippen LogP contribution in [-0.2, 0) is 14.6 Å². The van der Waals surface area contributed by atoms with Gasteiger partial charge in [-0.15, -0.1) is 0 Å². The van der Waals surface area contributed by atoms with Crippen molar-refractivity contribution in [2.24, 2.45) is 0 Å². The lowest BCUT2D eigenvalue weighted by atomic mass is 10.0. The Morgan fingerprint density at radius 2 is 1.78 bits per heavy atom. The summed E-state index contributed by atoms with van der Waals surface area (Å²) in [4.78, 5) is 25.3. The standard InChI is InChI=1S/C30H33N5O5S/c1-30(2,3)40-29(36)35-21-11-12-22(35)18-34(17-21)27-25(16-31)26(32-28(33-27)41(5,37)38)13-10-20-15-23(39-4)14-19-8-6-7-9-24(19)20/h6-10,13-15,21-22H,11-12,17-18H2,1-5H3/b13-10+/t21-,22+. The molecule has 0 aliphatic carbocycles. The highest BCUT2D eigenvalue weighted by Crippen LogP contribution is 2.35. The van der Waals surface area contributed by atoms with Gasteiger partial charge in [0.2, 0.25) is 15.0 Å². The number of carbonyl (C=O) groups excluding carboxylic acids is 1. The first kappa shape index (κ1) is 28.4. The molecule has 2 aromatic carbocycles. The minimum Gasteiger partial charge on any atom is -0.497 e. The van der Waals surface area contributed by atoms with Crippen LogP contribution >= 0.6 is 0 Å². The maximum Gasteiger partial charge on any atom is 0.410 e. The van der Waals surface area contributed by atoms with E-state index in [-0.39, 0.29) is 40.4 Å². The van der Waals surface area contributed by atoms with E-state index in [4.69, 9.17) is 9.47 Å². The Hall–Kier alpha value is -4.17. The van der Waals surface area contributed by atoms with Crippen molar-refractivity contribution in [1.29, 1.82) is 5.26 Å². The fourth-order valence-electron chi connectivity index (χ4n) is 5.49. The van der Waals surface area contributed by atoms with Crippen LogP contribution in [0.2, 0.25) is 0 Å². The van der Waals surface area contributed by atoms with Crippen LogP contribution in [0.4, 0.5) is 10.6 Å². The number of hydrogen-bond donors (Lipinski definition) is 0. The van der Waals surface area contributed by atoms with E-state index in [0.717, 1.165) is 35.4 Å². The van der Waals surface area contributed by atoms with Gasteiger partial charge in [-0.1, -0.05) is 30.3 Å². The van der Waals surface area contributed by atoms with Gasteiger partial charge in [-0.3, -0.25) is 4.90 Å². The number of sulfone groups is 1. The summed E-state index contributed by atoms with van der Waals surface area (Å²) in [7, 11) is -2.20. The first-order valence-corrected chi connectivity index (χ1v) is 15.3. The summed E-state index contributed by atoms with van der Waals surface area (Å²) in [5, 5.41) is 11.8. The molecule has 3 aromatic rings.